The topological polar surface area (TPSA) is 66.9 Å². The van der Waals surface area contributed by atoms with Gasteiger partial charge in [0.15, 0.2) is 0 Å². The van der Waals surface area contributed by atoms with E-state index in [2.05, 4.69) is 20.8 Å². The van der Waals surface area contributed by atoms with Crippen molar-refractivity contribution in [2.24, 2.45) is 0 Å². The van der Waals surface area contributed by atoms with Crippen LogP contribution in [0.25, 0.3) is 0 Å². The highest BCUT2D eigenvalue weighted by atomic mass is 32.1. The third-order valence-electron chi connectivity index (χ3n) is 3.09. The molecule has 1 aliphatic rings. The summed E-state index contributed by atoms with van der Waals surface area (Å²) in [6.45, 7) is 2.02. The molecular formula is C13H14N4OS. The Kier molecular flexibility index (Phi) is 3.16. The summed E-state index contributed by atoms with van der Waals surface area (Å²) in [5.41, 5.74) is 2.21. The van der Waals surface area contributed by atoms with Gasteiger partial charge in [-0.1, -0.05) is 36.5 Å². The van der Waals surface area contributed by atoms with Gasteiger partial charge in [-0.25, -0.2) is 0 Å². The number of anilines is 2. The number of hydrogen-bond acceptors (Lipinski definition) is 5. The first-order valence-electron chi connectivity index (χ1n) is 6.24. The summed E-state index contributed by atoms with van der Waals surface area (Å²) in [7, 11) is 0. The zero-order valence-electron chi connectivity index (χ0n) is 10.5. The Bertz CT molecular complexity index is 585. The Morgan fingerprint density at radius 2 is 2.32 bits per heavy atom. The number of benzene rings is 1. The smallest absolute Gasteiger partial charge is 0.249 e. The van der Waals surface area contributed by atoms with Gasteiger partial charge in [0.25, 0.3) is 0 Å². The second kappa shape index (κ2) is 4.97. The summed E-state index contributed by atoms with van der Waals surface area (Å²) in [5, 5.41) is 15.5. The molecule has 0 radical (unpaired) electrons. The molecule has 2 heterocycles. The molecule has 1 aliphatic heterocycles. The highest BCUT2D eigenvalue weighted by molar-refractivity contribution is 7.15. The maximum atomic E-state index is 12.1. The van der Waals surface area contributed by atoms with Crippen molar-refractivity contribution in [1.29, 1.82) is 0 Å². The molecule has 2 N–H and O–H groups in total. The molecule has 0 spiro atoms. The molecule has 19 heavy (non-hydrogen) atoms. The SMILES string of the molecule is CCc1nnc(NC(=O)[C@@H]2Cc3ccccc3N2)s1. The van der Waals surface area contributed by atoms with Gasteiger partial charge in [-0.3, -0.25) is 10.1 Å². The second-order valence-corrected chi connectivity index (χ2v) is 5.46. The minimum absolute atomic E-state index is 0.0602. The summed E-state index contributed by atoms with van der Waals surface area (Å²) in [5.74, 6) is -0.0602. The number of rotatable bonds is 3. The highest BCUT2D eigenvalue weighted by Crippen LogP contribution is 2.26. The predicted molar refractivity (Wildman–Crippen MR) is 75.5 cm³/mol. The Morgan fingerprint density at radius 1 is 1.47 bits per heavy atom. The number of aryl methyl sites for hydroxylation is 1. The van der Waals surface area contributed by atoms with Crippen LogP contribution in [-0.2, 0) is 17.6 Å². The maximum Gasteiger partial charge on any atom is 0.249 e. The Hall–Kier alpha value is -1.95. The summed E-state index contributed by atoms with van der Waals surface area (Å²) in [6, 6.07) is 7.74. The number of aromatic nitrogens is 2. The first-order valence-corrected chi connectivity index (χ1v) is 7.05. The number of para-hydroxylation sites is 1. The Morgan fingerprint density at radius 3 is 3.05 bits per heavy atom. The molecule has 1 aromatic heterocycles. The number of nitrogens with one attached hydrogen (secondary N) is 2. The lowest BCUT2D eigenvalue weighted by molar-refractivity contribution is -0.116. The standard InChI is InChI=1S/C13H14N4OS/c1-2-11-16-17-13(19-11)15-12(18)10-7-8-5-3-4-6-9(8)14-10/h3-6,10,14H,2,7H2,1H3,(H,15,17,18)/t10-/m0/s1. The van der Waals surface area contributed by atoms with Gasteiger partial charge in [0.1, 0.15) is 11.0 Å². The van der Waals surface area contributed by atoms with Crippen LogP contribution >= 0.6 is 11.3 Å². The molecule has 0 fully saturated rings. The molecule has 0 saturated carbocycles. The molecule has 1 aromatic carbocycles. The monoisotopic (exact) mass is 274 g/mol. The number of amides is 1. The van der Waals surface area contributed by atoms with Crippen LogP contribution in [0.2, 0.25) is 0 Å². The minimum Gasteiger partial charge on any atom is -0.373 e. The van der Waals surface area contributed by atoms with Gasteiger partial charge in [0, 0.05) is 12.1 Å². The van der Waals surface area contributed by atoms with Crippen molar-refractivity contribution in [2.75, 3.05) is 10.6 Å². The molecule has 6 heteroatoms. The molecule has 98 valence electrons. The van der Waals surface area contributed by atoms with Crippen molar-refractivity contribution < 1.29 is 4.79 Å². The van der Waals surface area contributed by atoms with E-state index in [1.807, 2.05) is 31.2 Å². The molecule has 0 saturated heterocycles. The van der Waals surface area contributed by atoms with Gasteiger partial charge in [-0.05, 0) is 18.1 Å². The number of nitrogens with zero attached hydrogens (tertiary/aromatic N) is 2. The maximum absolute atomic E-state index is 12.1. The first-order chi connectivity index (χ1) is 9.26. The minimum atomic E-state index is -0.230. The summed E-state index contributed by atoms with van der Waals surface area (Å²) in [6.07, 6.45) is 1.54. The fourth-order valence-electron chi connectivity index (χ4n) is 2.10. The zero-order valence-corrected chi connectivity index (χ0v) is 11.3. The van der Waals surface area contributed by atoms with Crippen LogP contribution in [0.15, 0.2) is 24.3 Å². The van der Waals surface area contributed by atoms with E-state index in [1.54, 1.807) is 0 Å². The number of carbonyl (C=O) groups is 1. The first kappa shape index (κ1) is 12.1. The van der Waals surface area contributed by atoms with E-state index < -0.39 is 0 Å². The average molecular weight is 274 g/mol. The van der Waals surface area contributed by atoms with E-state index in [1.165, 1.54) is 16.9 Å². The van der Waals surface area contributed by atoms with Gasteiger partial charge in [0.2, 0.25) is 11.0 Å². The van der Waals surface area contributed by atoms with Gasteiger partial charge < -0.3 is 5.32 Å². The average Bonchev–Trinajstić information content (AvgIpc) is 3.04. The lowest BCUT2D eigenvalue weighted by Gasteiger charge is -2.09. The van der Waals surface area contributed by atoms with Gasteiger partial charge in [0.05, 0.1) is 0 Å². The highest BCUT2D eigenvalue weighted by Gasteiger charge is 2.26. The van der Waals surface area contributed by atoms with E-state index in [0.29, 0.717) is 11.6 Å². The van der Waals surface area contributed by atoms with E-state index in [0.717, 1.165) is 17.1 Å². The van der Waals surface area contributed by atoms with Crippen molar-refractivity contribution in [1.82, 2.24) is 10.2 Å². The van der Waals surface area contributed by atoms with Crippen LogP contribution in [0.4, 0.5) is 10.8 Å². The normalized spacial score (nSPS) is 16.8. The van der Waals surface area contributed by atoms with Crippen LogP contribution in [-0.4, -0.2) is 22.1 Å². The largest absolute Gasteiger partial charge is 0.373 e. The van der Waals surface area contributed by atoms with Crippen molar-refractivity contribution in [3.8, 4) is 0 Å². The lowest BCUT2D eigenvalue weighted by Crippen LogP contribution is -2.32. The van der Waals surface area contributed by atoms with Crippen LogP contribution in [0.5, 0.6) is 0 Å². The van der Waals surface area contributed by atoms with Crippen LogP contribution in [0.1, 0.15) is 17.5 Å². The molecular weight excluding hydrogens is 260 g/mol. The fourth-order valence-corrected chi connectivity index (χ4v) is 2.78. The van der Waals surface area contributed by atoms with Crippen LogP contribution < -0.4 is 10.6 Å². The molecule has 0 unspecified atom stereocenters. The van der Waals surface area contributed by atoms with Gasteiger partial charge in [-0.2, -0.15) is 0 Å². The summed E-state index contributed by atoms with van der Waals surface area (Å²) < 4.78 is 0. The third kappa shape index (κ3) is 2.44. The fraction of sp³-hybridized carbons (Fsp3) is 0.308. The third-order valence-corrected chi connectivity index (χ3v) is 4.07. The van der Waals surface area contributed by atoms with Crippen molar-refractivity contribution in [3.05, 3.63) is 34.8 Å². The molecule has 0 aliphatic carbocycles. The molecule has 5 nitrogen and oxygen atoms in total. The van der Waals surface area contributed by atoms with E-state index in [-0.39, 0.29) is 11.9 Å². The Labute approximate surface area is 115 Å². The van der Waals surface area contributed by atoms with Crippen LogP contribution in [0, 0.1) is 0 Å². The summed E-state index contributed by atoms with van der Waals surface area (Å²) in [4.78, 5) is 12.1. The van der Waals surface area contributed by atoms with E-state index in [4.69, 9.17) is 0 Å². The van der Waals surface area contributed by atoms with Crippen molar-refractivity contribution in [2.45, 2.75) is 25.8 Å². The summed E-state index contributed by atoms with van der Waals surface area (Å²) >= 11 is 1.42. The number of fused-ring (bicyclic) bond motifs is 1. The molecule has 1 atom stereocenters. The number of carbonyl (C=O) groups excluding carboxylic acids is 1. The number of hydrogen-bond donors (Lipinski definition) is 2. The molecule has 0 bridgehead atoms. The Balaban J connectivity index is 1.66. The van der Waals surface area contributed by atoms with Gasteiger partial charge >= 0.3 is 0 Å². The predicted octanol–water partition coefficient (Wildman–Crippen LogP) is 2.08. The quantitative estimate of drug-likeness (QED) is 0.899. The second-order valence-electron chi connectivity index (χ2n) is 4.40. The van der Waals surface area contributed by atoms with E-state index >= 15 is 0 Å². The molecule has 1 amide bonds. The molecule has 2 aromatic rings. The zero-order chi connectivity index (χ0) is 13.2. The van der Waals surface area contributed by atoms with E-state index in [9.17, 15) is 4.79 Å². The van der Waals surface area contributed by atoms with Crippen molar-refractivity contribution in [3.63, 3.8) is 0 Å². The molecule has 3 rings (SSSR count). The lowest BCUT2D eigenvalue weighted by atomic mass is 10.1. The van der Waals surface area contributed by atoms with Gasteiger partial charge in [-0.15, -0.1) is 10.2 Å². The van der Waals surface area contributed by atoms with Crippen LogP contribution in [0.3, 0.4) is 0 Å². The van der Waals surface area contributed by atoms with Crippen molar-refractivity contribution >= 4 is 28.1 Å².